The molecule has 2 aromatic rings. The summed E-state index contributed by atoms with van der Waals surface area (Å²) in [4.78, 5) is 14.2. The van der Waals surface area contributed by atoms with Crippen LogP contribution in [0.5, 0.6) is 23.0 Å². The highest BCUT2D eigenvalue weighted by Crippen LogP contribution is 2.35. The maximum atomic E-state index is 12.8. The number of rotatable bonds is 8. The predicted molar refractivity (Wildman–Crippen MR) is 116 cm³/mol. The molecule has 1 aliphatic rings. The topological polar surface area (TPSA) is 69.4 Å². The van der Waals surface area contributed by atoms with Gasteiger partial charge in [-0.05, 0) is 55.7 Å². The molecule has 1 saturated heterocycles. The van der Waals surface area contributed by atoms with Gasteiger partial charge in [0.1, 0.15) is 18.0 Å². The van der Waals surface area contributed by atoms with E-state index in [9.17, 15) is 9.90 Å². The van der Waals surface area contributed by atoms with Crippen molar-refractivity contribution in [3.05, 3.63) is 53.1 Å². The third kappa shape index (κ3) is 5.13. The van der Waals surface area contributed by atoms with E-state index < -0.39 is 0 Å². The fourth-order valence-corrected chi connectivity index (χ4v) is 3.82. The zero-order chi connectivity index (χ0) is 21.5. The van der Waals surface area contributed by atoms with Crippen LogP contribution in [0, 0.1) is 0 Å². The van der Waals surface area contributed by atoms with Gasteiger partial charge in [0.05, 0.1) is 34.4 Å². The fourth-order valence-electron chi connectivity index (χ4n) is 3.82. The lowest BCUT2D eigenvalue weighted by molar-refractivity contribution is -0.918. The van der Waals surface area contributed by atoms with Gasteiger partial charge in [0, 0.05) is 22.8 Å². The van der Waals surface area contributed by atoms with Crippen molar-refractivity contribution in [2.75, 3.05) is 34.4 Å². The molecule has 0 aliphatic carbocycles. The molecule has 0 saturated carbocycles. The Balaban J connectivity index is 1.80. The molecule has 0 unspecified atom stereocenters. The van der Waals surface area contributed by atoms with Crippen LogP contribution in [0.25, 0.3) is 6.08 Å². The number of carbonyl (C=O) groups is 1. The largest absolute Gasteiger partial charge is 0.507 e. The summed E-state index contributed by atoms with van der Waals surface area (Å²) < 4.78 is 16.0. The minimum atomic E-state index is -0.137. The quantitative estimate of drug-likeness (QED) is 0.515. The Labute approximate surface area is 177 Å². The summed E-state index contributed by atoms with van der Waals surface area (Å²) >= 11 is 0. The van der Waals surface area contributed by atoms with Crippen LogP contribution in [-0.2, 0) is 6.54 Å². The highest BCUT2D eigenvalue weighted by molar-refractivity contribution is 6.07. The van der Waals surface area contributed by atoms with Crippen molar-refractivity contribution < 1.29 is 29.0 Å². The highest BCUT2D eigenvalue weighted by Gasteiger charge is 2.17. The number of phenols is 1. The number of hydrogen-bond acceptors (Lipinski definition) is 5. The van der Waals surface area contributed by atoms with E-state index in [0.29, 0.717) is 28.4 Å². The molecule has 0 bridgehead atoms. The van der Waals surface area contributed by atoms with Gasteiger partial charge in [0.25, 0.3) is 0 Å². The van der Waals surface area contributed by atoms with Crippen LogP contribution in [0.15, 0.2) is 36.4 Å². The number of benzene rings is 2. The molecular formula is C24H30NO5+. The third-order valence-electron chi connectivity index (χ3n) is 5.52. The second-order valence-corrected chi connectivity index (χ2v) is 7.48. The maximum Gasteiger partial charge on any atom is 0.185 e. The van der Waals surface area contributed by atoms with Gasteiger partial charge in [-0.3, -0.25) is 4.79 Å². The molecule has 0 amide bonds. The smallest absolute Gasteiger partial charge is 0.185 e. The first kappa shape index (κ1) is 21.7. The van der Waals surface area contributed by atoms with Gasteiger partial charge in [-0.2, -0.15) is 0 Å². The average molecular weight is 413 g/mol. The minimum Gasteiger partial charge on any atom is -0.507 e. The zero-order valence-electron chi connectivity index (χ0n) is 17.9. The first-order chi connectivity index (χ1) is 14.5. The Kier molecular flexibility index (Phi) is 7.36. The Morgan fingerprint density at radius 1 is 0.967 bits per heavy atom. The average Bonchev–Trinajstić information content (AvgIpc) is 2.78. The molecule has 0 aromatic heterocycles. The van der Waals surface area contributed by atoms with E-state index >= 15 is 0 Å². The molecule has 0 radical (unpaired) electrons. The number of nitrogens with one attached hydrogen (secondary N) is 1. The van der Waals surface area contributed by atoms with Crippen molar-refractivity contribution in [1.29, 1.82) is 0 Å². The van der Waals surface area contributed by atoms with Crippen LogP contribution in [0.3, 0.4) is 0 Å². The number of likely N-dealkylation sites (tertiary alicyclic amines) is 1. The predicted octanol–water partition coefficient (Wildman–Crippen LogP) is 2.88. The summed E-state index contributed by atoms with van der Waals surface area (Å²) in [6.07, 6.45) is 6.91. The standard InChI is InChI=1S/C24H29NO5/c1-28-22-15-24(30-3)23(29-2)14-18(22)8-10-20(26)17-7-9-21(27)19(13-17)16-25-11-5-4-6-12-25/h7-10,13-15,27H,4-6,11-12,16H2,1-3H3/p+1/b10-8+. The molecule has 2 N–H and O–H groups in total. The van der Waals surface area contributed by atoms with Gasteiger partial charge in [-0.25, -0.2) is 0 Å². The van der Waals surface area contributed by atoms with Gasteiger partial charge < -0.3 is 24.2 Å². The Hall–Kier alpha value is -2.99. The molecule has 30 heavy (non-hydrogen) atoms. The van der Waals surface area contributed by atoms with Crippen molar-refractivity contribution in [1.82, 2.24) is 0 Å². The molecular weight excluding hydrogens is 382 g/mol. The van der Waals surface area contributed by atoms with Crippen LogP contribution < -0.4 is 19.1 Å². The number of ether oxygens (including phenoxy) is 3. The summed E-state index contributed by atoms with van der Waals surface area (Å²) in [6, 6.07) is 8.56. The lowest BCUT2D eigenvalue weighted by Crippen LogP contribution is -3.11. The van der Waals surface area contributed by atoms with Crippen molar-refractivity contribution in [3.63, 3.8) is 0 Å². The van der Waals surface area contributed by atoms with Crippen molar-refractivity contribution in [2.24, 2.45) is 0 Å². The highest BCUT2D eigenvalue weighted by atomic mass is 16.5. The van der Waals surface area contributed by atoms with Crippen molar-refractivity contribution >= 4 is 11.9 Å². The van der Waals surface area contributed by atoms with E-state index in [4.69, 9.17) is 14.2 Å². The molecule has 1 aliphatic heterocycles. The van der Waals surface area contributed by atoms with E-state index in [1.807, 2.05) is 0 Å². The first-order valence-corrected chi connectivity index (χ1v) is 10.2. The number of phenolic OH excluding ortho intramolecular Hbond substituents is 1. The van der Waals surface area contributed by atoms with Crippen LogP contribution in [0.4, 0.5) is 0 Å². The van der Waals surface area contributed by atoms with E-state index in [1.54, 1.807) is 57.7 Å². The number of carbonyl (C=O) groups excluding carboxylic acids is 1. The van der Waals surface area contributed by atoms with Gasteiger partial charge in [-0.15, -0.1) is 0 Å². The van der Waals surface area contributed by atoms with Gasteiger partial charge in [-0.1, -0.05) is 0 Å². The number of aromatic hydroxyl groups is 1. The van der Waals surface area contributed by atoms with Gasteiger partial charge in [0.2, 0.25) is 0 Å². The minimum absolute atomic E-state index is 0.137. The van der Waals surface area contributed by atoms with Crippen LogP contribution >= 0.6 is 0 Å². The summed E-state index contributed by atoms with van der Waals surface area (Å²) in [5, 5.41) is 10.2. The second-order valence-electron chi connectivity index (χ2n) is 7.48. The molecule has 3 rings (SSSR count). The molecule has 160 valence electrons. The van der Waals surface area contributed by atoms with Crippen LogP contribution in [0.1, 0.15) is 40.7 Å². The van der Waals surface area contributed by atoms with Crippen LogP contribution in [0.2, 0.25) is 0 Å². The molecule has 6 heteroatoms. The number of ketones is 1. The van der Waals surface area contributed by atoms with Crippen LogP contribution in [-0.4, -0.2) is 45.3 Å². The monoisotopic (exact) mass is 412 g/mol. The normalized spacial score (nSPS) is 14.6. The Bertz CT molecular complexity index is 916. The Morgan fingerprint density at radius 3 is 2.30 bits per heavy atom. The lowest BCUT2D eigenvalue weighted by Gasteiger charge is -2.23. The summed E-state index contributed by atoms with van der Waals surface area (Å²) in [6.45, 7) is 2.95. The molecule has 1 fully saturated rings. The van der Waals surface area contributed by atoms with Crippen molar-refractivity contribution in [3.8, 4) is 23.0 Å². The van der Waals surface area contributed by atoms with Gasteiger partial charge in [0.15, 0.2) is 17.3 Å². The summed E-state index contributed by atoms with van der Waals surface area (Å²) in [5.41, 5.74) is 2.07. The molecule has 1 heterocycles. The van der Waals surface area contributed by atoms with Gasteiger partial charge >= 0.3 is 0 Å². The summed E-state index contributed by atoms with van der Waals surface area (Å²) in [5.74, 6) is 1.80. The molecule has 0 atom stereocenters. The molecule has 0 spiro atoms. The maximum absolute atomic E-state index is 12.8. The van der Waals surface area contributed by atoms with E-state index in [-0.39, 0.29) is 11.5 Å². The second kappa shape index (κ2) is 10.2. The summed E-state index contributed by atoms with van der Waals surface area (Å²) in [7, 11) is 4.69. The number of hydrogen-bond donors (Lipinski definition) is 2. The SMILES string of the molecule is COc1cc(OC)c(OC)cc1/C=C/C(=O)c1ccc(O)c(C[NH+]2CCCCC2)c1. The molecule has 6 nitrogen and oxygen atoms in total. The van der Waals surface area contributed by atoms with E-state index in [0.717, 1.165) is 25.2 Å². The van der Waals surface area contributed by atoms with E-state index in [2.05, 4.69) is 0 Å². The first-order valence-electron chi connectivity index (χ1n) is 10.2. The number of allylic oxidation sites excluding steroid dienone is 1. The Morgan fingerprint density at radius 2 is 1.63 bits per heavy atom. The number of quaternary nitrogens is 1. The third-order valence-corrected chi connectivity index (χ3v) is 5.52. The van der Waals surface area contributed by atoms with Crippen molar-refractivity contribution in [2.45, 2.75) is 25.8 Å². The lowest BCUT2D eigenvalue weighted by atomic mass is 10.0. The number of piperidine rings is 1. The zero-order valence-corrected chi connectivity index (χ0v) is 17.9. The molecule has 2 aromatic carbocycles. The fraction of sp³-hybridized carbons (Fsp3) is 0.375. The van der Waals surface area contributed by atoms with E-state index in [1.165, 1.54) is 30.2 Å². The number of methoxy groups -OCH3 is 3.